The molecule has 1 amide bonds. The van der Waals surface area contributed by atoms with Crippen LogP contribution in [0.25, 0.3) is 5.88 Å². The van der Waals surface area contributed by atoms with Crippen LogP contribution in [-0.2, 0) is 6.42 Å². The van der Waals surface area contributed by atoms with Gasteiger partial charge in [-0.25, -0.2) is 0 Å². The van der Waals surface area contributed by atoms with Crippen molar-refractivity contribution in [3.05, 3.63) is 65.2 Å². The van der Waals surface area contributed by atoms with Gasteiger partial charge in [0.15, 0.2) is 11.5 Å². The predicted molar refractivity (Wildman–Crippen MR) is 101 cm³/mol. The van der Waals surface area contributed by atoms with E-state index in [2.05, 4.69) is 11.4 Å². The number of aromatic nitrogens is 1. The highest BCUT2D eigenvalue weighted by atomic mass is 16.6. The number of ether oxygens (including phenoxy) is 2. The first-order valence-electron chi connectivity index (χ1n) is 9.01. The molecule has 4 rings (SSSR count). The van der Waals surface area contributed by atoms with Crippen LogP contribution in [0.15, 0.2) is 47.1 Å². The molecule has 1 aliphatic heterocycles. The Bertz CT molecular complexity index is 1040. The van der Waals surface area contributed by atoms with Crippen molar-refractivity contribution in [1.29, 1.82) is 5.26 Å². The van der Waals surface area contributed by atoms with Crippen molar-refractivity contribution < 1.29 is 18.7 Å². The molecule has 0 atom stereocenters. The summed E-state index contributed by atoms with van der Waals surface area (Å²) in [6.07, 6.45) is 4.16. The zero-order valence-electron chi connectivity index (χ0n) is 15.4. The third-order valence-corrected chi connectivity index (χ3v) is 4.55. The summed E-state index contributed by atoms with van der Waals surface area (Å²) in [7, 11) is 0. The molecule has 0 saturated heterocycles. The Balaban J connectivity index is 1.45. The number of nitrogens with zero attached hydrogens (tertiary/aromatic N) is 2. The van der Waals surface area contributed by atoms with Gasteiger partial charge in [0.2, 0.25) is 5.88 Å². The van der Waals surface area contributed by atoms with E-state index >= 15 is 0 Å². The quantitative estimate of drug-likeness (QED) is 0.738. The summed E-state index contributed by atoms with van der Waals surface area (Å²) in [6.45, 7) is 3.20. The van der Waals surface area contributed by atoms with Crippen LogP contribution in [0.2, 0.25) is 0 Å². The molecule has 7 heteroatoms. The van der Waals surface area contributed by atoms with Crippen molar-refractivity contribution in [3.63, 3.8) is 0 Å². The lowest BCUT2D eigenvalue weighted by molar-refractivity contribution is 0.0952. The number of carbonyl (C=O) groups is 1. The fourth-order valence-electron chi connectivity index (χ4n) is 3.21. The van der Waals surface area contributed by atoms with E-state index < -0.39 is 0 Å². The predicted octanol–water partition coefficient (Wildman–Crippen LogP) is 2.99. The number of nitriles is 1. The number of nitrogens with one attached hydrogen (secondary N) is 1. The Hall–Kier alpha value is -3.66. The number of amides is 1. The van der Waals surface area contributed by atoms with Crippen molar-refractivity contribution in [1.82, 2.24) is 9.88 Å². The summed E-state index contributed by atoms with van der Waals surface area (Å²) < 4.78 is 18.5. The summed E-state index contributed by atoms with van der Waals surface area (Å²) in [6, 6.07) is 11.5. The Morgan fingerprint density at radius 1 is 1.21 bits per heavy atom. The molecular formula is C21H19N3O4. The third-order valence-electron chi connectivity index (χ3n) is 4.55. The molecule has 3 aromatic rings. The van der Waals surface area contributed by atoms with Crippen molar-refractivity contribution >= 4 is 5.91 Å². The molecule has 0 bridgehead atoms. The van der Waals surface area contributed by atoms with Gasteiger partial charge in [-0.3, -0.25) is 9.36 Å². The largest absolute Gasteiger partial charge is 0.486 e. The monoisotopic (exact) mass is 377 g/mol. The number of rotatable bonds is 5. The second-order valence-electron chi connectivity index (χ2n) is 6.40. The minimum absolute atomic E-state index is 0.227. The molecule has 3 heterocycles. The first-order valence-corrected chi connectivity index (χ1v) is 9.01. The number of furan rings is 1. The second-order valence-corrected chi connectivity index (χ2v) is 6.40. The third kappa shape index (κ3) is 3.32. The summed E-state index contributed by atoms with van der Waals surface area (Å²) in [5.41, 5.74) is 1.53. The van der Waals surface area contributed by atoms with Crippen LogP contribution in [0.5, 0.6) is 11.5 Å². The standard InChI is InChI=1S/C21H19N3O4/c1-14-19(16(13-22)21(28-14)24-8-2-3-9-24)20(25)23-7-6-15-4-5-17-18(12-15)27-11-10-26-17/h2-5,8-9,12H,6-7,10-11H2,1H3,(H,23,25). The Kier molecular flexibility index (Phi) is 4.77. The van der Waals surface area contributed by atoms with Gasteiger partial charge in [0.1, 0.15) is 36.2 Å². The van der Waals surface area contributed by atoms with Gasteiger partial charge in [-0.2, -0.15) is 5.26 Å². The van der Waals surface area contributed by atoms with Crippen molar-refractivity contribution in [3.8, 4) is 23.5 Å². The van der Waals surface area contributed by atoms with E-state index in [1.165, 1.54) is 0 Å². The van der Waals surface area contributed by atoms with Crippen LogP contribution in [-0.4, -0.2) is 30.2 Å². The maximum absolute atomic E-state index is 12.7. The van der Waals surface area contributed by atoms with Gasteiger partial charge >= 0.3 is 0 Å². The second kappa shape index (κ2) is 7.53. The van der Waals surface area contributed by atoms with Gasteiger partial charge in [0.25, 0.3) is 5.91 Å². The number of hydrogen-bond acceptors (Lipinski definition) is 5. The summed E-state index contributed by atoms with van der Waals surface area (Å²) >= 11 is 0. The fourth-order valence-corrected chi connectivity index (χ4v) is 3.21. The first-order chi connectivity index (χ1) is 13.7. The lowest BCUT2D eigenvalue weighted by atomic mass is 10.1. The molecule has 7 nitrogen and oxygen atoms in total. The molecule has 1 aromatic carbocycles. The molecule has 0 fully saturated rings. The Morgan fingerprint density at radius 3 is 2.71 bits per heavy atom. The van der Waals surface area contributed by atoms with Gasteiger partial charge in [-0.15, -0.1) is 0 Å². The van der Waals surface area contributed by atoms with Crippen LogP contribution in [0.3, 0.4) is 0 Å². The highest BCUT2D eigenvalue weighted by Crippen LogP contribution is 2.31. The van der Waals surface area contributed by atoms with Crippen LogP contribution in [0.1, 0.15) is 27.2 Å². The molecule has 1 aliphatic rings. The number of fused-ring (bicyclic) bond motifs is 1. The number of carbonyl (C=O) groups excluding carboxylic acids is 1. The molecule has 0 spiro atoms. The smallest absolute Gasteiger partial charge is 0.256 e. The first kappa shape index (κ1) is 17.7. The van der Waals surface area contributed by atoms with Gasteiger partial charge < -0.3 is 19.2 Å². The number of hydrogen-bond donors (Lipinski definition) is 1. The average molecular weight is 377 g/mol. The molecule has 28 heavy (non-hydrogen) atoms. The fraction of sp³-hybridized carbons (Fsp3) is 0.238. The van der Waals surface area contributed by atoms with Gasteiger partial charge in [-0.1, -0.05) is 6.07 Å². The van der Waals surface area contributed by atoms with Crippen molar-refractivity contribution in [2.45, 2.75) is 13.3 Å². The molecule has 0 radical (unpaired) electrons. The molecule has 142 valence electrons. The Morgan fingerprint density at radius 2 is 1.96 bits per heavy atom. The topological polar surface area (TPSA) is 89.4 Å². The lowest BCUT2D eigenvalue weighted by Crippen LogP contribution is -2.26. The van der Waals surface area contributed by atoms with Crippen LogP contribution >= 0.6 is 0 Å². The maximum Gasteiger partial charge on any atom is 0.256 e. The van der Waals surface area contributed by atoms with Gasteiger partial charge in [0.05, 0.1) is 0 Å². The molecule has 1 N–H and O–H groups in total. The minimum atomic E-state index is -0.325. The SMILES string of the molecule is Cc1oc(-n2cccc2)c(C#N)c1C(=O)NCCc1ccc2c(c1)OCCO2. The minimum Gasteiger partial charge on any atom is -0.486 e. The van der Waals surface area contributed by atoms with E-state index in [0.29, 0.717) is 37.8 Å². The average Bonchev–Trinajstić information content (AvgIpc) is 3.35. The van der Waals surface area contributed by atoms with Gasteiger partial charge in [0, 0.05) is 18.9 Å². The van der Waals surface area contributed by atoms with E-state index in [0.717, 1.165) is 17.1 Å². The highest BCUT2D eigenvalue weighted by Gasteiger charge is 2.24. The van der Waals surface area contributed by atoms with Gasteiger partial charge in [-0.05, 0) is 43.2 Å². The summed E-state index contributed by atoms with van der Waals surface area (Å²) in [5, 5.41) is 12.4. The van der Waals surface area contributed by atoms with E-state index in [1.54, 1.807) is 23.9 Å². The Labute approximate surface area is 162 Å². The summed E-state index contributed by atoms with van der Waals surface area (Å²) in [4.78, 5) is 12.7. The summed E-state index contributed by atoms with van der Waals surface area (Å²) in [5.74, 6) is 1.90. The highest BCUT2D eigenvalue weighted by molar-refractivity contribution is 5.98. The van der Waals surface area contributed by atoms with E-state index in [9.17, 15) is 10.1 Å². The lowest BCUT2D eigenvalue weighted by Gasteiger charge is -2.18. The zero-order chi connectivity index (χ0) is 19.5. The van der Waals surface area contributed by atoms with E-state index in [4.69, 9.17) is 13.9 Å². The van der Waals surface area contributed by atoms with Crippen LogP contribution < -0.4 is 14.8 Å². The molecular weight excluding hydrogens is 358 g/mol. The molecule has 2 aromatic heterocycles. The normalized spacial score (nSPS) is 12.4. The van der Waals surface area contributed by atoms with Crippen LogP contribution in [0, 0.1) is 18.3 Å². The van der Waals surface area contributed by atoms with Crippen molar-refractivity contribution in [2.24, 2.45) is 0 Å². The number of aryl methyl sites for hydroxylation is 1. The zero-order valence-corrected chi connectivity index (χ0v) is 15.4. The van der Waals surface area contributed by atoms with E-state index in [-0.39, 0.29) is 17.0 Å². The van der Waals surface area contributed by atoms with Crippen molar-refractivity contribution in [2.75, 3.05) is 19.8 Å². The maximum atomic E-state index is 12.7. The van der Waals surface area contributed by atoms with E-state index in [1.807, 2.05) is 30.3 Å². The number of benzene rings is 1. The molecule has 0 aliphatic carbocycles. The molecule has 0 unspecified atom stereocenters. The molecule has 0 saturated carbocycles. The van der Waals surface area contributed by atoms with Crippen LogP contribution in [0.4, 0.5) is 0 Å².